The van der Waals surface area contributed by atoms with E-state index in [0.717, 1.165) is 62.2 Å². The molecular formula is C22H25FN2O2. The molecule has 4 rings (SSSR count). The molecule has 1 aromatic rings. The number of amides is 1. The van der Waals surface area contributed by atoms with Gasteiger partial charge in [0.15, 0.2) is 5.78 Å². The smallest absolute Gasteiger partial charge is 0.252 e. The zero-order valence-electron chi connectivity index (χ0n) is 15.7. The number of nitrogens with zero attached hydrogens (tertiary/aromatic N) is 1. The number of benzene rings is 1. The van der Waals surface area contributed by atoms with E-state index in [1.807, 2.05) is 11.8 Å². The molecule has 0 unspecified atom stereocenters. The van der Waals surface area contributed by atoms with E-state index in [1.165, 1.54) is 12.1 Å². The number of hydrogen-bond acceptors (Lipinski definition) is 3. The van der Waals surface area contributed by atoms with Gasteiger partial charge in [-0.25, -0.2) is 4.39 Å². The van der Waals surface area contributed by atoms with Gasteiger partial charge in [-0.3, -0.25) is 9.59 Å². The molecule has 1 aliphatic carbocycles. The summed E-state index contributed by atoms with van der Waals surface area (Å²) in [6.07, 6.45) is 5.31. The molecule has 3 aliphatic rings. The quantitative estimate of drug-likeness (QED) is 0.864. The van der Waals surface area contributed by atoms with E-state index in [-0.39, 0.29) is 17.5 Å². The normalized spacial score (nSPS) is 23.3. The Morgan fingerprint density at radius 1 is 1.07 bits per heavy atom. The number of Topliss-reactive ketones (excluding diaryl/α,β-unsaturated/α-hetero) is 1. The van der Waals surface area contributed by atoms with Gasteiger partial charge in [0.25, 0.3) is 5.91 Å². The highest BCUT2D eigenvalue weighted by atomic mass is 19.1. The fraction of sp³-hybridized carbons (Fsp3) is 0.455. The Bertz CT molecular complexity index is 832. The molecule has 1 saturated heterocycles. The Labute approximate surface area is 159 Å². The number of rotatable bonds is 2. The zero-order chi connectivity index (χ0) is 19.0. The van der Waals surface area contributed by atoms with Gasteiger partial charge in [0.2, 0.25) is 0 Å². The molecule has 0 radical (unpaired) electrons. The summed E-state index contributed by atoms with van der Waals surface area (Å²) in [6, 6.07) is 6.22. The maximum atomic E-state index is 13.5. The van der Waals surface area contributed by atoms with Gasteiger partial charge >= 0.3 is 0 Å². The summed E-state index contributed by atoms with van der Waals surface area (Å²) < 4.78 is 13.5. The highest BCUT2D eigenvalue weighted by Crippen LogP contribution is 2.42. The van der Waals surface area contributed by atoms with Gasteiger partial charge in [0.1, 0.15) is 5.82 Å². The van der Waals surface area contributed by atoms with Crippen LogP contribution in [0.2, 0.25) is 0 Å². The molecule has 142 valence electrons. The number of piperidine rings is 1. The van der Waals surface area contributed by atoms with Gasteiger partial charge in [-0.1, -0.05) is 12.1 Å². The van der Waals surface area contributed by atoms with Gasteiger partial charge in [0.05, 0.1) is 0 Å². The van der Waals surface area contributed by atoms with Crippen molar-refractivity contribution in [3.63, 3.8) is 0 Å². The Balaban J connectivity index is 1.80. The fourth-order valence-corrected chi connectivity index (χ4v) is 4.52. The van der Waals surface area contributed by atoms with Crippen molar-refractivity contribution in [3.8, 4) is 0 Å². The third kappa shape index (κ3) is 3.31. The van der Waals surface area contributed by atoms with E-state index in [4.69, 9.17) is 0 Å². The first kappa shape index (κ1) is 18.0. The van der Waals surface area contributed by atoms with Gasteiger partial charge in [-0.15, -0.1) is 0 Å². The summed E-state index contributed by atoms with van der Waals surface area (Å²) in [6.45, 7) is 3.42. The van der Waals surface area contributed by atoms with E-state index in [2.05, 4.69) is 5.32 Å². The summed E-state index contributed by atoms with van der Waals surface area (Å²) in [5.74, 6) is -0.640. The molecular weight excluding hydrogens is 343 g/mol. The number of ketones is 1. The van der Waals surface area contributed by atoms with E-state index < -0.39 is 5.92 Å². The van der Waals surface area contributed by atoms with Crippen molar-refractivity contribution >= 4 is 11.7 Å². The molecule has 27 heavy (non-hydrogen) atoms. The monoisotopic (exact) mass is 368 g/mol. The number of carbonyl (C=O) groups excluding carboxylic acids is 2. The lowest BCUT2D eigenvalue weighted by atomic mass is 9.75. The van der Waals surface area contributed by atoms with Crippen LogP contribution in [0.15, 0.2) is 46.8 Å². The summed E-state index contributed by atoms with van der Waals surface area (Å²) in [5, 5.41) is 3.35. The van der Waals surface area contributed by atoms with Crippen LogP contribution in [-0.2, 0) is 9.59 Å². The molecule has 2 heterocycles. The number of carbonyl (C=O) groups is 2. The fourth-order valence-electron chi connectivity index (χ4n) is 4.52. The van der Waals surface area contributed by atoms with Crippen LogP contribution in [0.4, 0.5) is 4.39 Å². The van der Waals surface area contributed by atoms with Crippen LogP contribution >= 0.6 is 0 Å². The van der Waals surface area contributed by atoms with Crippen molar-refractivity contribution in [3.05, 3.63) is 58.2 Å². The topological polar surface area (TPSA) is 49.4 Å². The molecule has 1 fully saturated rings. The summed E-state index contributed by atoms with van der Waals surface area (Å²) in [5.41, 5.74) is 3.87. The second-order valence-electron chi connectivity index (χ2n) is 7.67. The van der Waals surface area contributed by atoms with Crippen molar-refractivity contribution in [2.45, 2.75) is 51.4 Å². The van der Waals surface area contributed by atoms with Gasteiger partial charge < -0.3 is 10.2 Å². The Kier molecular flexibility index (Phi) is 4.85. The molecule has 0 spiro atoms. The minimum absolute atomic E-state index is 0.000974. The van der Waals surface area contributed by atoms with Crippen LogP contribution in [0.3, 0.4) is 0 Å². The molecule has 4 nitrogen and oxygen atoms in total. The third-order valence-corrected chi connectivity index (χ3v) is 5.85. The first-order valence-corrected chi connectivity index (χ1v) is 9.85. The van der Waals surface area contributed by atoms with Crippen LogP contribution < -0.4 is 5.32 Å². The van der Waals surface area contributed by atoms with Crippen LogP contribution in [0.1, 0.15) is 56.9 Å². The lowest BCUT2D eigenvalue weighted by Gasteiger charge is -2.37. The van der Waals surface area contributed by atoms with Crippen LogP contribution in [0, 0.1) is 5.82 Å². The molecule has 1 amide bonds. The van der Waals surface area contributed by atoms with Crippen LogP contribution in [-0.4, -0.2) is 29.7 Å². The van der Waals surface area contributed by atoms with Crippen molar-refractivity contribution in [2.24, 2.45) is 0 Å². The van der Waals surface area contributed by atoms with Crippen molar-refractivity contribution < 1.29 is 14.0 Å². The van der Waals surface area contributed by atoms with Gasteiger partial charge in [-0.05, 0) is 56.7 Å². The second-order valence-corrected chi connectivity index (χ2v) is 7.67. The number of allylic oxidation sites excluding steroid dienone is 3. The first-order valence-electron chi connectivity index (χ1n) is 9.85. The van der Waals surface area contributed by atoms with E-state index in [1.54, 1.807) is 12.1 Å². The maximum absolute atomic E-state index is 13.5. The summed E-state index contributed by atoms with van der Waals surface area (Å²) in [4.78, 5) is 28.1. The lowest BCUT2D eigenvalue weighted by Crippen LogP contribution is -2.42. The van der Waals surface area contributed by atoms with Gasteiger partial charge in [0, 0.05) is 48.0 Å². The van der Waals surface area contributed by atoms with E-state index in [9.17, 15) is 14.0 Å². The average molecular weight is 368 g/mol. The number of dihydropyridines is 1. The predicted molar refractivity (Wildman–Crippen MR) is 101 cm³/mol. The molecule has 2 aliphatic heterocycles. The number of likely N-dealkylation sites (tertiary alicyclic amines) is 1. The molecule has 1 aromatic carbocycles. The minimum Gasteiger partial charge on any atom is -0.362 e. The molecule has 0 bridgehead atoms. The maximum Gasteiger partial charge on any atom is 0.252 e. The highest BCUT2D eigenvalue weighted by Gasteiger charge is 2.39. The number of halogens is 1. The highest BCUT2D eigenvalue weighted by molar-refractivity contribution is 6.05. The average Bonchev–Trinajstić information content (AvgIpc) is 2.68. The minimum atomic E-state index is -0.413. The summed E-state index contributed by atoms with van der Waals surface area (Å²) in [7, 11) is 0. The molecule has 1 atom stereocenters. The first-order chi connectivity index (χ1) is 13.1. The Hall–Kier alpha value is -2.43. The number of hydrogen-bond donors (Lipinski definition) is 1. The van der Waals surface area contributed by atoms with Crippen molar-refractivity contribution in [2.75, 3.05) is 13.1 Å². The largest absolute Gasteiger partial charge is 0.362 e. The Morgan fingerprint density at radius 2 is 1.78 bits per heavy atom. The zero-order valence-corrected chi connectivity index (χ0v) is 15.7. The Morgan fingerprint density at radius 3 is 2.48 bits per heavy atom. The van der Waals surface area contributed by atoms with Gasteiger partial charge in [-0.2, -0.15) is 0 Å². The van der Waals surface area contributed by atoms with E-state index >= 15 is 0 Å². The molecule has 0 saturated carbocycles. The van der Waals surface area contributed by atoms with Crippen LogP contribution in [0.5, 0.6) is 0 Å². The third-order valence-electron chi connectivity index (χ3n) is 5.85. The predicted octanol–water partition coefficient (Wildman–Crippen LogP) is 3.81. The lowest BCUT2D eigenvalue weighted by molar-refractivity contribution is -0.128. The van der Waals surface area contributed by atoms with Crippen LogP contribution in [0.25, 0.3) is 0 Å². The molecule has 1 N–H and O–H groups in total. The molecule has 0 aromatic heterocycles. The van der Waals surface area contributed by atoms with E-state index in [0.29, 0.717) is 17.6 Å². The number of nitrogens with one attached hydrogen (secondary N) is 1. The standard InChI is InChI=1S/C22H25FN2O2/c1-14-19(22(27)25-12-3-2-4-13-25)20(15-8-10-16(23)11-9-15)21-17(24-14)6-5-7-18(21)26/h8-11,20,24H,2-7,12-13H2,1H3/t20-/m0/s1. The molecule has 5 heteroatoms. The second kappa shape index (κ2) is 7.29. The SMILES string of the molecule is CC1=C(C(=O)N2CCCCC2)[C@H](c2ccc(F)cc2)C2=C(CCCC2=O)N1. The summed E-state index contributed by atoms with van der Waals surface area (Å²) >= 11 is 0. The van der Waals surface area contributed by atoms with Crippen molar-refractivity contribution in [1.82, 2.24) is 10.2 Å². The van der Waals surface area contributed by atoms with Crippen molar-refractivity contribution in [1.29, 1.82) is 0 Å².